The third-order valence-corrected chi connectivity index (χ3v) is 5.01. The Morgan fingerprint density at radius 2 is 1.67 bits per heavy atom. The van der Waals surface area contributed by atoms with E-state index in [1.54, 1.807) is 0 Å². The maximum absolute atomic E-state index is 12.1. The van der Waals surface area contributed by atoms with Crippen molar-refractivity contribution in [1.29, 1.82) is 0 Å². The van der Waals surface area contributed by atoms with Gasteiger partial charge in [-0.1, -0.05) is 31.4 Å². The van der Waals surface area contributed by atoms with E-state index in [1.807, 2.05) is 0 Å². The van der Waals surface area contributed by atoms with Crippen molar-refractivity contribution in [2.24, 2.45) is 5.73 Å². The van der Waals surface area contributed by atoms with E-state index in [1.165, 1.54) is 24.3 Å². The van der Waals surface area contributed by atoms with E-state index in [0.717, 1.165) is 45.2 Å². The molecule has 0 atom stereocenters. The number of benzene rings is 1. The number of para-hydroxylation sites is 1. The molecule has 1 aromatic rings. The molecule has 8 nitrogen and oxygen atoms in total. The van der Waals surface area contributed by atoms with Crippen LogP contribution in [0.4, 0.5) is 5.69 Å². The van der Waals surface area contributed by atoms with E-state index in [9.17, 15) is 18.5 Å². The average molecular weight is 358 g/mol. The number of nitrogens with two attached hydrogens (primary N) is 1. The molecular formula is C15H26N4O4S. The van der Waals surface area contributed by atoms with Gasteiger partial charge in [0.1, 0.15) is 0 Å². The van der Waals surface area contributed by atoms with Crippen molar-refractivity contribution in [3.63, 3.8) is 0 Å². The number of nitro benzene ring substituents is 1. The van der Waals surface area contributed by atoms with Crippen molar-refractivity contribution in [1.82, 2.24) is 10.0 Å². The minimum Gasteiger partial charge on any atom is -0.330 e. The van der Waals surface area contributed by atoms with Crippen LogP contribution in [0.2, 0.25) is 0 Å². The molecule has 4 N–H and O–H groups in total. The summed E-state index contributed by atoms with van der Waals surface area (Å²) in [4.78, 5) is 9.90. The molecule has 0 spiro atoms. The van der Waals surface area contributed by atoms with E-state index in [2.05, 4.69) is 10.0 Å². The van der Waals surface area contributed by atoms with E-state index in [4.69, 9.17) is 5.73 Å². The fraction of sp³-hybridized carbons (Fsp3) is 0.600. The van der Waals surface area contributed by atoms with Crippen LogP contribution in [-0.2, 0) is 10.0 Å². The summed E-state index contributed by atoms with van der Waals surface area (Å²) in [5, 5.41) is 14.1. The molecule has 0 aliphatic carbocycles. The largest absolute Gasteiger partial charge is 0.330 e. The molecular weight excluding hydrogens is 332 g/mol. The third-order valence-electron chi connectivity index (χ3n) is 3.50. The summed E-state index contributed by atoms with van der Waals surface area (Å²) in [5.74, 6) is 0. The zero-order valence-corrected chi connectivity index (χ0v) is 14.6. The maximum Gasteiger partial charge on any atom is 0.289 e. The standard InChI is InChI=1S/C15H26N4O4S/c16-10-6-2-1-3-7-11-17-12-13-18-24(22,23)15-9-5-4-8-14(15)19(20)21/h4-5,8-9,17-18H,1-3,6-7,10-13,16H2. The molecule has 0 saturated heterocycles. The van der Waals surface area contributed by atoms with Crippen molar-refractivity contribution in [3.05, 3.63) is 34.4 Å². The van der Waals surface area contributed by atoms with Gasteiger partial charge in [0, 0.05) is 19.2 Å². The molecule has 0 unspecified atom stereocenters. The Labute approximate surface area is 143 Å². The van der Waals surface area contributed by atoms with Crippen LogP contribution in [-0.4, -0.2) is 39.5 Å². The fourth-order valence-corrected chi connectivity index (χ4v) is 3.44. The summed E-state index contributed by atoms with van der Waals surface area (Å²) in [5.41, 5.74) is 5.00. The van der Waals surface area contributed by atoms with E-state index < -0.39 is 20.6 Å². The van der Waals surface area contributed by atoms with Crippen molar-refractivity contribution in [3.8, 4) is 0 Å². The van der Waals surface area contributed by atoms with E-state index in [0.29, 0.717) is 6.54 Å². The molecule has 0 saturated carbocycles. The summed E-state index contributed by atoms with van der Waals surface area (Å²) < 4.78 is 26.7. The Hall–Kier alpha value is -1.55. The molecule has 0 fully saturated rings. The van der Waals surface area contributed by atoms with Crippen LogP contribution in [0.3, 0.4) is 0 Å². The summed E-state index contributed by atoms with van der Waals surface area (Å²) >= 11 is 0. The molecule has 136 valence electrons. The van der Waals surface area contributed by atoms with Crippen molar-refractivity contribution < 1.29 is 13.3 Å². The second kappa shape index (κ2) is 11.1. The lowest BCUT2D eigenvalue weighted by atomic mass is 10.1. The third kappa shape index (κ3) is 7.35. The van der Waals surface area contributed by atoms with E-state index >= 15 is 0 Å². The van der Waals surface area contributed by atoms with E-state index in [-0.39, 0.29) is 11.4 Å². The van der Waals surface area contributed by atoms with Crippen LogP contribution in [0.5, 0.6) is 0 Å². The molecule has 0 amide bonds. The first-order valence-electron chi connectivity index (χ1n) is 8.13. The van der Waals surface area contributed by atoms with Crippen LogP contribution < -0.4 is 15.8 Å². The highest BCUT2D eigenvalue weighted by Gasteiger charge is 2.24. The lowest BCUT2D eigenvalue weighted by molar-refractivity contribution is -0.387. The normalized spacial score (nSPS) is 11.5. The number of nitro groups is 1. The minimum absolute atomic E-state index is 0.182. The van der Waals surface area contributed by atoms with Gasteiger partial charge in [-0.25, -0.2) is 13.1 Å². The molecule has 1 aromatic carbocycles. The molecule has 9 heteroatoms. The van der Waals surface area contributed by atoms with Gasteiger partial charge in [-0.15, -0.1) is 0 Å². The number of nitrogens with one attached hydrogen (secondary N) is 2. The van der Waals surface area contributed by atoms with Crippen LogP contribution in [0.15, 0.2) is 29.2 Å². The number of nitrogens with zero attached hydrogens (tertiary/aromatic N) is 1. The van der Waals surface area contributed by atoms with Gasteiger partial charge in [0.05, 0.1) is 4.92 Å². The maximum atomic E-state index is 12.1. The van der Waals surface area contributed by atoms with Crippen LogP contribution in [0, 0.1) is 10.1 Å². The molecule has 0 aliphatic rings. The Balaban J connectivity index is 2.29. The zero-order valence-electron chi connectivity index (χ0n) is 13.7. The Kier molecular flexibility index (Phi) is 9.46. The highest BCUT2D eigenvalue weighted by Crippen LogP contribution is 2.22. The van der Waals surface area contributed by atoms with Crippen molar-refractivity contribution in [2.75, 3.05) is 26.2 Å². The molecule has 1 rings (SSSR count). The topological polar surface area (TPSA) is 127 Å². The summed E-state index contributed by atoms with van der Waals surface area (Å²) in [6, 6.07) is 5.31. The monoisotopic (exact) mass is 358 g/mol. The van der Waals surface area contributed by atoms with Gasteiger partial charge in [-0.3, -0.25) is 10.1 Å². The molecule has 0 heterocycles. The number of hydrogen-bond donors (Lipinski definition) is 3. The Morgan fingerprint density at radius 3 is 2.38 bits per heavy atom. The summed E-state index contributed by atoms with van der Waals surface area (Å²) in [7, 11) is -3.89. The van der Waals surface area contributed by atoms with Gasteiger partial charge in [-0.2, -0.15) is 0 Å². The molecule has 24 heavy (non-hydrogen) atoms. The number of hydrogen-bond acceptors (Lipinski definition) is 6. The van der Waals surface area contributed by atoms with Crippen molar-refractivity contribution in [2.45, 2.75) is 37.0 Å². The van der Waals surface area contributed by atoms with Crippen LogP contribution >= 0.6 is 0 Å². The van der Waals surface area contributed by atoms with Crippen LogP contribution in [0.25, 0.3) is 0 Å². The quantitative estimate of drug-likeness (QED) is 0.278. The number of sulfonamides is 1. The fourth-order valence-electron chi connectivity index (χ4n) is 2.24. The molecule has 0 aliphatic heterocycles. The highest BCUT2D eigenvalue weighted by atomic mass is 32.2. The highest BCUT2D eigenvalue weighted by molar-refractivity contribution is 7.89. The van der Waals surface area contributed by atoms with Crippen LogP contribution in [0.1, 0.15) is 32.1 Å². The van der Waals surface area contributed by atoms with Gasteiger partial charge in [0.15, 0.2) is 4.90 Å². The lowest BCUT2D eigenvalue weighted by Crippen LogP contribution is -2.32. The molecule has 0 aromatic heterocycles. The lowest BCUT2D eigenvalue weighted by Gasteiger charge is -2.08. The first-order chi connectivity index (χ1) is 11.5. The van der Waals surface area contributed by atoms with Gasteiger partial charge >= 0.3 is 0 Å². The summed E-state index contributed by atoms with van der Waals surface area (Å²) in [6.45, 7) is 2.21. The smallest absolute Gasteiger partial charge is 0.289 e. The second-order valence-electron chi connectivity index (χ2n) is 5.43. The van der Waals surface area contributed by atoms with Gasteiger partial charge < -0.3 is 11.1 Å². The average Bonchev–Trinajstić information content (AvgIpc) is 2.56. The predicted molar refractivity (Wildman–Crippen MR) is 93.3 cm³/mol. The van der Waals surface area contributed by atoms with Gasteiger partial charge in [-0.05, 0) is 32.0 Å². The van der Waals surface area contributed by atoms with Gasteiger partial charge in [0.25, 0.3) is 5.69 Å². The van der Waals surface area contributed by atoms with Gasteiger partial charge in [0.2, 0.25) is 10.0 Å². The zero-order chi connectivity index (χ0) is 17.8. The first-order valence-corrected chi connectivity index (χ1v) is 9.61. The summed E-state index contributed by atoms with van der Waals surface area (Å²) in [6.07, 6.45) is 5.51. The minimum atomic E-state index is -3.89. The predicted octanol–water partition coefficient (Wildman–Crippen LogP) is 1.37. The Morgan fingerprint density at radius 1 is 1.00 bits per heavy atom. The Bertz CT molecular complexity index is 607. The van der Waals surface area contributed by atoms with Crippen molar-refractivity contribution >= 4 is 15.7 Å². The second-order valence-corrected chi connectivity index (χ2v) is 7.16. The molecule has 0 bridgehead atoms. The number of rotatable bonds is 13. The SMILES string of the molecule is NCCCCCCCNCCNS(=O)(=O)c1ccccc1[N+](=O)[O-]. The molecule has 0 radical (unpaired) electrons. The number of unbranched alkanes of at least 4 members (excludes halogenated alkanes) is 4. The first kappa shape index (κ1) is 20.5.